The molecule has 44 heavy (non-hydrogen) atoms. The number of benzene rings is 2. The summed E-state index contributed by atoms with van der Waals surface area (Å²) in [5, 5.41) is 6.80. The number of likely N-dealkylation sites (N-methyl/N-ethyl adjacent to an activating group) is 1. The lowest BCUT2D eigenvalue weighted by molar-refractivity contribution is -0.174. The predicted octanol–water partition coefficient (Wildman–Crippen LogP) is -0.224. The zero-order valence-corrected chi connectivity index (χ0v) is 25.6. The first-order chi connectivity index (χ1) is 20.6. The Bertz CT molecular complexity index is 1490. The van der Waals surface area contributed by atoms with Gasteiger partial charge in [-0.15, -0.1) is 0 Å². The number of nitrogens with two attached hydrogens (primary N) is 2. The smallest absolute Gasteiger partial charge is 0.256 e. The summed E-state index contributed by atoms with van der Waals surface area (Å²) in [6.07, 6.45) is -0.959. The third-order valence-corrected chi connectivity index (χ3v) is 7.76. The van der Waals surface area contributed by atoms with Crippen LogP contribution in [0.5, 0.6) is 0 Å². The molecule has 0 radical (unpaired) electrons. The summed E-state index contributed by atoms with van der Waals surface area (Å²) in [5.41, 5.74) is 10.2. The van der Waals surface area contributed by atoms with E-state index < -0.39 is 77.2 Å². The van der Waals surface area contributed by atoms with Gasteiger partial charge in [-0.1, -0.05) is 56.3 Å². The summed E-state index contributed by atoms with van der Waals surface area (Å²) in [4.78, 5) is 93.1. The molecule has 0 spiro atoms. The molecule has 0 saturated carbocycles. The first-order valence-electron chi connectivity index (χ1n) is 14.3. The minimum Gasteiger partial charge on any atom is -0.370 e. The summed E-state index contributed by atoms with van der Waals surface area (Å²) in [7, 11) is 2.82. The molecule has 0 aromatic heterocycles. The average Bonchev–Trinajstić information content (AvgIpc) is 2.96. The molecule has 0 unspecified atom stereocenters. The standard InChI is InChI=1S/C31H40N6O7/c1-17(2)31(30(44)36(4)5)24(38)12-13-26(40)37(31)29(43)18(3)34-28(42)23(16-25(33)39)35-27(41)22(32)15-19-10-11-20-8-6-7-9-21(20)14-19/h6-11,14,17-18,22-23H,12-13,15-16,32H2,1-5H3,(H2,33,39)(H,34,42)(H,35,41)/t18-,22-,23-,31+/m0/s1. The Kier molecular flexibility index (Phi) is 10.6. The molecule has 0 bridgehead atoms. The number of nitrogens with zero attached hydrogens (tertiary/aromatic N) is 2. The van der Waals surface area contributed by atoms with Crippen LogP contribution in [-0.2, 0) is 40.0 Å². The Labute approximate surface area is 255 Å². The number of piperidine rings is 1. The second-order valence-corrected chi connectivity index (χ2v) is 11.6. The molecule has 0 aliphatic carbocycles. The maximum atomic E-state index is 13.7. The number of carbonyl (C=O) groups is 7. The summed E-state index contributed by atoms with van der Waals surface area (Å²) >= 11 is 0. The number of fused-ring (bicyclic) bond motifs is 1. The molecule has 6 N–H and O–H groups in total. The van der Waals surface area contributed by atoms with Crippen molar-refractivity contribution in [3.63, 3.8) is 0 Å². The van der Waals surface area contributed by atoms with E-state index in [1.807, 2.05) is 42.5 Å². The maximum Gasteiger partial charge on any atom is 0.256 e. The van der Waals surface area contributed by atoms with Gasteiger partial charge in [0, 0.05) is 26.9 Å². The van der Waals surface area contributed by atoms with Gasteiger partial charge in [0.2, 0.25) is 23.6 Å². The third kappa shape index (κ3) is 6.94. The summed E-state index contributed by atoms with van der Waals surface area (Å²) in [6, 6.07) is 9.31. The molecule has 2 aromatic carbocycles. The second kappa shape index (κ2) is 13.8. The molecule has 1 aliphatic rings. The lowest BCUT2D eigenvalue weighted by Crippen LogP contribution is -2.73. The third-order valence-electron chi connectivity index (χ3n) is 7.76. The summed E-state index contributed by atoms with van der Waals surface area (Å²) in [6.45, 7) is 4.38. The fourth-order valence-electron chi connectivity index (χ4n) is 5.49. The zero-order chi connectivity index (χ0) is 32.9. The van der Waals surface area contributed by atoms with Crippen LogP contribution >= 0.6 is 0 Å². The first kappa shape index (κ1) is 33.8. The molecule has 2 aromatic rings. The highest BCUT2D eigenvalue weighted by molar-refractivity contribution is 6.20. The molecule has 1 fully saturated rings. The Morgan fingerprint density at radius 2 is 1.57 bits per heavy atom. The van der Waals surface area contributed by atoms with E-state index >= 15 is 0 Å². The van der Waals surface area contributed by atoms with E-state index in [1.54, 1.807) is 13.8 Å². The van der Waals surface area contributed by atoms with Crippen molar-refractivity contribution >= 4 is 52.0 Å². The van der Waals surface area contributed by atoms with Gasteiger partial charge >= 0.3 is 0 Å². The summed E-state index contributed by atoms with van der Waals surface area (Å²) in [5.74, 6) is -6.40. The van der Waals surface area contributed by atoms with Gasteiger partial charge in [0.05, 0.1) is 12.5 Å². The predicted molar refractivity (Wildman–Crippen MR) is 161 cm³/mol. The molecular weight excluding hydrogens is 568 g/mol. The van der Waals surface area contributed by atoms with Gasteiger partial charge in [0.15, 0.2) is 11.3 Å². The zero-order valence-electron chi connectivity index (χ0n) is 25.6. The average molecular weight is 609 g/mol. The fraction of sp³-hybridized carbons (Fsp3) is 0.452. The topological polar surface area (TPSA) is 202 Å². The van der Waals surface area contributed by atoms with Crippen LogP contribution in [0.4, 0.5) is 0 Å². The van der Waals surface area contributed by atoms with Crippen LogP contribution in [0.25, 0.3) is 10.8 Å². The Balaban J connectivity index is 1.78. The Hall–Kier alpha value is -4.65. The number of likely N-dealkylation sites (tertiary alicyclic amines) is 1. The second-order valence-electron chi connectivity index (χ2n) is 11.6. The van der Waals surface area contributed by atoms with E-state index in [-0.39, 0.29) is 19.3 Å². The van der Waals surface area contributed by atoms with Crippen LogP contribution in [0.3, 0.4) is 0 Å². The van der Waals surface area contributed by atoms with E-state index in [9.17, 15) is 33.6 Å². The van der Waals surface area contributed by atoms with E-state index in [1.165, 1.54) is 21.0 Å². The number of imide groups is 1. The molecule has 236 valence electrons. The van der Waals surface area contributed by atoms with Crippen LogP contribution in [0.15, 0.2) is 42.5 Å². The van der Waals surface area contributed by atoms with E-state index in [0.29, 0.717) is 4.90 Å². The van der Waals surface area contributed by atoms with Crippen molar-refractivity contribution in [2.45, 2.75) is 70.1 Å². The molecular formula is C31H40N6O7. The van der Waals surface area contributed by atoms with Crippen LogP contribution in [-0.4, -0.2) is 88.8 Å². The molecule has 13 nitrogen and oxygen atoms in total. The normalized spacial score (nSPS) is 18.8. The first-order valence-corrected chi connectivity index (χ1v) is 14.3. The number of primary amides is 1. The monoisotopic (exact) mass is 608 g/mol. The highest BCUT2D eigenvalue weighted by atomic mass is 16.2. The molecule has 6 amide bonds. The van der Waals surface area contributed by atoms with Crippen LogP contribution in [0.1, 0.15) is 45.6 Å². The van der Waals surface area contributed by atoms with Crippen molar-refractivity contribution in [3.8, 4) is 0 Å². The molecule has 1 saturated heterocycles. The van der Waals surface area contributed by atoms with Crippen LogP contribution in [0, 0.1) is 5.92 Å². The van der Waals surface area contributed by atoms with E-state index in [2.05, 4.69) is 10.6 Å². The number of amides is 6. The molecule has 1 aliphatic heterocycles. The molecule has 3 rings (SSSR count). The number of hydrogen-bond acceptors (Lipinski definition) is 8. The number of nitrogens with one attached hydrogen (secondary N) is 2. The number of ketones is 1. The SMILES string of the molecule is CC(C)[C@]1(C(=O)N(C)C)C(=O)CCC(=O)N1C(=O)[C@H](C)NC(=O)[C@H](CC(N)=O)NC(=O)[C@@H](N)Cc1ccc2ccccc2c1. The van der Waals surface area contributed by atoms with Crippen molar-refractivity contribution in [3.05, 3.63) is 48.0 Å². The lowest BCUT2D eigenvalue weighted by atomic mass is 9.74. The van der Waals surface area contributed by atoms with Crippen molar-refractivity contribution in [2.75, 3.05) is 14.1 Å². The van der Waals surface area contributed by atoms with Gasteiger partial charge in [-0.3, -0.25) is 38.5 Å². The van der Waals surface area contributed by atoms with Gasteiger partial charge < -0.3 is 27.0 Å². The van der Waals surface area contributed by atoms with Gasteiger partial charge in [-0.05, 0) is 35.6 Å². The van der Waals surface area contributed by atoms with Crippen molar-refractivity contribution < 1.29 is 33.6 Å². The number of Topliss-reactive ketones (excluding diaryl/α,β-unsaturated/α-hetero) is 1. The fourth-order valence-corrected chi connectivity index (χ4v) is 5.49. The molecule has 1 heterocycles. The number of rotatable bonds is 11. The van der Waals surface area contributed by atoms with E-state index in [4.69, 9.17) is 11.5 Å². The molecule has 4 atom stereocenters. The van der Waals surface area contributed by atoms with Gasteiger partial charge in [-0.2, -0.15) is 0 Å². The van der Waals surface area contributed by atoms with Crippen LogP contribution < -0.4 is 22.1 Å². The summed E-state index contributed by atoms with van der Waals surface area (Å²) < 4.78 is 0. The van der Waals surface area contributed by atoms with Crippen molar-refractivity contribution in [1.29, 1.82) is 0 Å². The van der Waals surface area contributed by atoms with E-state index in [0.717, 1.165) is 21.2 Å². The van der Waals surface area contributed by atoms with Gasteiger partial charge in [0.1, 0.15) is 12.1 Å². The van der Waals surface area contributed by atoms with Crippen molar-refractivity contribution in [1.82, 2.24) is 20.4 Å². The number of carbonyl (C=O) groups excluding carboxylic acids is 7. The Morgan fingerprint density at radius 3 is 2.16 bits per heavy atom. The Morgan fingerprint density at radius 1 is 0.932 bits per heavy atom. The van der Waals surface area contributed by atoms with Crippen LogP contribution in [0.2, 0.25) is 0 Å². The van der Waals surface area contributed by atoms with Gasteiger partial charge in [0.25, 0.3) is 11.8 Å². The minimum absolute atomic E-state index is 0.138. The highest BCUT2D eigenvalue weighted by Crippen LogP contribution is 2.35. The lowest BCUT2D eigenvalue weighted by Gasteiger charge is -2.47. The maximum absolute atomic E-state index is 13.7. The van der Waals surface area contributed by atoms with Crippen molar-refractivity contribution in [2.24, 2.45) is 17.4 Å². The van der Waals surface area contributed by atoms with Gasteiger partial charge in [-0.25, -0.2) is 0 Å². The highest BCUT2D eigenvalue weighted by Gasteiger charge is 2.60. The molecule has 13 heteroatoms. The largest absolute Gasteiger partial charge is 0.370 e. The minimum atomic E-state index is -2.09. The number of hydrogen-bond donors (Lipinski definition) is 4. The quantitative estimate of drug-likeness (QED) is 0.251.